The van der Waals surface area contributed by atoms with E-state index >= 15 is 0 Å². The van der Waals surface area contributed by atoms with Crippen LogP contribution in [0.2, 0.25) is 0 Å². The van der Waals surface area contributed by atoms with Crippen LogP contribution >= 0.6 is 0 Å². The summed E-state index contributed by atoms with van der Waals surface area (Å²) in [5, 5.41) is 2.83. The smallest absolute Gasteiger partial charge is 0.313 e. The van der Waals surface area contributed by atoms with E-state index in [0.29, 0.717) is 0 Å². The summed E-state index contributed by atoms with van der Waals surface area (Å²) in [5.74, 6) is 0. The largest absolute Gasteiger partial charge is 0.352 e. The molecule has 0 saturated heterocycles. The highest BCUT2D eigenvalue weighted by molar-refractivity contribution is 5.73. The van der Waals surface area contributed by atoms with Gasteiger partial charge < -0.3 is 11.1 Å². The molecule has 0 fully saturated rings. The number of hydrogen-bond acceptors (Lipinski definition) is 1. The van der Waals surface area contributed by atoms with E-state index in [-0.39, 0.29) is 0 Å². The highest BCUT2D eigenvalue weighted by Crippen LogP contribution is 2.29. The van der Waals surface area contributed by atoms with Crippen molar-refractivity contribution in [2.75, 3.05) is 0 Å². The predicted molar refractivity (Wildman–Crippen MR) is 68.5 cm³/mol. The zero-order valence-electron chi connectivity index (χ0n) is 9.81. The monoisotopic (exact) mass is 228 g/mol. The third-order valence-electron chi connectivity index (χ3n) is 2.98. The van der Waals surface area contributed by atoms with Crippen LogP contribution in [0.4, 0.5) is 4.79 Å². The molecule has 2 rings (SSSR count). The minimum Gasteiger partial charge on any atom is -0.352 e. The maximum absolute atomic E-state index is 11.2. The maximum Gasteiger partial charge on any atom is 0.313 e. The standard InChI is InChI=1S/C14H16N2O/c1-11-5-7-12(8-6-11)14(16-13(15)17)9-3-2-4-10-14/h2-9H,10H2,1H3,(H3,15,16,17). The van der Waals surface area contributed by atoms with Crippen molar-refractivity contribution >= 4 is 6.03 Å². The molecule has 0 bridgehead atoms. The Labute approximate surface area is 101 Å². The summed E-state index contributed by atoms with van der Waals surface area (Å²) in [7, 11) is 0. The molecule has 1 aromatic rings. The van der Waals surface area contributed by atoms with Gasteiger partial charge in [0.25, 0.3) is 0 Å². The van der Waals surface area contributed by atoms with Gasteiger partial charge in [0.05, 0.1) is 5.54 Å². The fourth-order valence-electron chi connectivity index (χ4n) is 2.07. The molecule has 3 nitrogen and oxygen atoms in total. The highest BCUT2D eigenvalue weighted by Gasteiger charge is 2.30. The molecular formula is C14H16N2O. The number of hydrogen-bond donors (Lipinski definition) is 2. The normalized spacial score (nSPS) is 22.4. The van der Waals surface area contributed by atoms with Gasteiger partial charge in [-0.2, -0.15) is 0 Å². The lowest BCUT2D eigenvalue weighted by molar-refractivity contribution is 0.239. The Bertz CT molecular complexity index is 474. The van der Waals surface area contributed by atoms with Crippen molar-refractivity contribution in [3.8, 4) is 0 Å². The Kier molecular flexibility index (Phi) is 3.00. The lowest BCUT2D eigenvalue weighted by Crippen LogP contribution is -2.47. The quantitative estimate of drug-likeness (QED) is 0.802. The van der Waals surface area contributed by atoms with Gasteiger partial charge in [0.2, 0.25) is 0 Å². The number of amides is 2. The molecule has 0 aromatic heterocycles. The minimum absolute atomic E-state index is 0.506. The second kappa shape index (κ2) is 4.45. The first-order chi connectivity index (χ1) is 8.12. The van der Waals surface area contributed by atoms with E-state index in [9.17, 15) is 4.79 Å². The third-order valence-corrected chi connectivity index (χ3v) is 2.98. The molecular weight excluding hydrogens is 212 g/mol. The zero-order chi connectivity index (χ0) is 12.3. The van der Waals surface area contributed by atoms with Gasteiger partial charge in [-0.1, -0.05) is 54.1 Å². The van der Waals surface area contributed by atoms with Crippen LogP contribution < -0.4 is 11.1 Å². The second-order valence-corrected chi connectivity index (χ2v) is 4.32. The van der Waals surface area contributed by atoms with Gasteiger partial charge in [-0.25, -0.2) is 4.79 Å². The number of aryl methyl sites for hydroxylation is 1. The Hall–Kier alpha value is -2.03. The summed E-state index contributed by atoms with van der Waals surface area (Å²) >= 11 is 0. The molecule has 1 atom stereocenters. The van der Waals surface area contributed by atoms with E-state index in [1.54, 1.807) is 0 Å². The van der Waals surface area contributed by atoms with Gasteiger partial charge in [-0.05, 0) is 18.9 Å². The van der Waals surface area contributed by atoms with Crippen molar-refractivity contribution in [2.24, 2.45) is 5.73 Å². The number of nitrogens with one attached hydrogen (secondary N) is 1. The number of carbonyl (C=O) groups excluding carboxylic acids is 1. The van der Waals surface area contributed by atoms with E-state index in [1.807, 2.05) is 55.5 Å². The van der Waals surface area contributed by atoms with Crippen molar-refractivity contribution in [1.29, 1.82) is 0 Å². The zero-order valence-corrected chi connectivity index (χ0v) is 9.81. The van der Waals surface area contributed by atoms with Crippen LogP contribution in [-0.2, 0) is 5.54 Å². The molecule has 0 aliphatic heterocycles. The molecule has 1 aliphatic rings. The minimum atomic E-state index is -0.509. The van der Waals surface area contributed by atoms with E-state index in [2.05, 4.69) is 5.32 Å². The first-order valence-electron chi connectivity index (χ1n) is 5.61. The fraction of sp³-hybridized carbons (Fsp3) is 0.214. The molecule has 3 heteroatoms. The van der Waals surface area contributed by atoms with Crippen molar-refractivity contribution in [3.05, 3.63) is 59.7 Å². The van der Waals surface area contributed by atoms with Gasteiger partial charge in [-0.3, -0.25) is 0 Å². The van der Waals surface area contributed by atoms with Crippen LogP contribution in [0.1, 0.15) is 17.5 Å². The lowest BCUT2D eigenvalue weighted by Gasteiger charge is -2.32. The Morgan fingerprint density at radius 2 is 2.00 bits per heavy atom. The molecule has 88 valence electrons. The van der Waals surface area contributed by atoms with Gasteiger partial charge >= 0.3 is 6.03 Å². The molecule has 0 spiro atoms. The molecule has 2 amide bonds. The summed E-state index contributed by atoms with van der Waals surface area (Å²) in [6.07, 6.45) is 8.61. The highest BCUT2D eigenvalue weighted by atomic mass is 16.2. The van der Waals surface area contributed by atoms with Crippen molar-refractivity contribution < 1.29 is 4.79 Å². The Balaban J connectivity index is 2.39. The van der Waals surface area contributed by atoms with Crippen LogP contribution in [0.3, 0.4) is 0 Å². The number of primary amides is 1. The number of allylic oxidation sites excluding steroid dienone is 2. The topological polar surface area (TPSA) is 55.1 Å². The summed E-state index contributed by atoms with van der Waals surface area (Å²) in [6.45, 7) is 2.04. The number of carbonyl (C=O) groups is 1. The molecule has 1 unspecified atom stereocenters. The first-order valence-corrected chi connectivity index (χ1v) is 5.61. The summed E-state index contributed by atoms with van der Waals surface area (Å²) in [6, 6.07) is 7.60. The summed E-state index contributed by atoms with van der Waals surface area (Å²) in [4.78, 5) is 11.2. The van der Waals surface area contributed by atoms with Crippen molar-refractivity contribution in [3.63, 3.8) is 0 Å². The first kappa shape index (κ1) is 11.5. The number of nitrogens with two attached hydrogens (primary N) is 1. The molecule has 0 heterocycles. The van der Waals surface area contributed by atoms with Crippen molar-refractivity contribution in [2.45, 2.75) is 18.9 Å². The van der Waals surface area contributed by atoms with Crippen LogP contribution in [0.15, 0.2) is 48.6 Å². The van der Waals surface area contributed by atoms with Crippen LogP contribution in [0, 0.1) is 6.92 Å². The van der Waals surface area contributed by atoms with Gasteiger partial charge in [0, 0.05) is 0 Å². The van der Waals surface area contributed by atoms with Gasteiger partial charge in [0.15, 0.2) is 0 Å². The van der Waals surface area contributed by atoms with Crippen molar-refractivity contribution in [1.82, 2.24) is 5.32 Å². The molecule has 1 aromatic carbocycles. The maximum atomic E-state index is 11.2. The van der Waals surface area contributed by atoms with E-state index in [0.717, 1.165) is 12.0 Å². The number of rotatable bonds is 2. The van der Waals surface area contributed by atoms with Gasteiger partial charge in [-0.15, -0.1) is 0 Å². The van der Waals surface area contributed by atoms with Crippen LogP contribution in [0.5, 0.6) is 0 Å². The Morgan fingerprint density at radius 3 is 2.53 bits per heavy atom. The molecule has 0 radical (unpaired) electrons. The fourth-order valence-corrected chi connectivity index (χ4v) is 2.07. The predicted octanol–water partition coefficient (Wildman–Crippen LogP) is 2.37. The van der Waals surface area contributed by atoms with E-state index in [4.69, 9.17) is 5.73 Å². The summed E-state index contributed by atoms with van der Waals surface area (Å²) < 4.78 is 0. The third kappa shape index (κ3) is 2.38. The van der Waals surface area contributed by atoms with E-state index in [1.165, 1.54) is 5.56 Å². The lowest BCUT2D eigenvalue weighted by atomic mass is 9.83. The molecule has 3 N–H and O–H groups in total. The van der Waals surface area contributed by atoms with Crippen LogP contribution in [-0.4, -0.2) is 6.03 Å². The SMILES string of the molecule is Cc1ccc(C2(NC(N)=O)C=CC=CC2)cc1. The van der Waals surface area contributed by atoms with Crippen LogP contribution in [0.25, 0.3) is 0 Å². The second-order valence-electron chi connectivity index (χ2n) is 4.32. The molecule has 0 saturated carbocycles. The van der Waals surface area contributed by atoms with Gasteiger partial charge in [0.1, 0.15) is 0 Å². The summed E-state index contributed by atoms with van der Waals surface area (Å²) in [5.41, 5.74) is 7.00. The average Bonchev–Trinajstić information content (AvgIpc) is 2.30. The number of urea groups is 1. The average molecular weight is 228 g/mol. The van der Waals surface area contributed by atoms with E-state index < -0.39 is 11.6 Å². The Morgan fingerprint density at radius 1 is 1.29 bits per heavy atom. The molecule has 1 aliphatic carbocycles. The number of benzene rings is 1. The molecule has 17 heavy (non-hydrogen) atoms.